The summed E-state index contributed by atoms with van der Waals surface area (Å²) in [4.78, 5) is 11.0. The third-order valence-electron chi connectivity index (χ3n) is 2.31. The van der Waals surface area contributed by atoms with Crippen LogP contribution in [0.3, 0.4) is 0 Å². The number of halogens is 2. The van der Waals surface area contributed by atoms with Crippen molar-refractivity contribution in [2.45, 2.75) is 31.5 Å². The quantitative estimate of drug-likeness (QED) is 0.768. The number of carbonyl (C=O) groups excluding carboxylic acids is 1. The highest BCUT2D eigenvalue weighted by Crippen LogP contribution is 2.16. The Morgan fingerprint density at radius 1 is 1.53 bits per heavy atom. The second-order valence-corrected chi connectivity index (χ2v) is 4.69. The third-order valence-corrected chi connectivity index (χ3v) is 3.14. The Balaban J connectivity index is 2.76. The second-order valence-electron chi connectivity index (χ2n) is 3.59. The normalized spacial score (nSPS) is 12.5. The van der Waals surface area contributed by atoms with Crippen LogP contribution in [0.15, 0.2) is 18.2 Å². The molecule has 0 aliphatic heterocycles. The van der Waals surface area contributed by atoms with Gasteiger partial charge in [0.25, 0.3) is 0 Å². The molecule has 0 aliphatic carbocycles. The van der Waals surface area contributed by atoms with E-state index in [0.29, 0.717) is 18.4 Å². The van der Waals surface area contributed by atoms with Crippen LogP contribution in [0.5, 0.6) is 0 Å². The van der Waals surface area contributed by atoms with Crippen molar-refractivity contribution in [3.63, 3.8) is 0 Å². The molecule has 0 aliphatic rings. The van der Waals surface area contributed by atoms with Crippen LogP contribution in [0, 0.1) is 12.7 Å². The van der Waals surface area contributed by atoms with Crippen molar-refractivity contribution in [3.05, 3.63) is 35.1 Å². The first-order valence-corrected chi connectivity index (χ1v) is 5.88. The summed E-state index contributed by atoms with van der Waals surface area (Å²) in [7, 11) is 0. The number of aryl methyl sites for hydroxylation is 1. The van der Waals surface area contributed by atoms with E-state index in [-0.39, 0.29) is 16.4 Å². The van der Waals surface area contributed by atoms with E-state index in [9.17, 15) is 9.18 Å². The highest BCUT2D eigenvalue weighted by Gasteiger charge is 2.15. The molecule has 1 rings (SSSR count). The van der Waals surface area contributed by atoms with Gasteiger partial charge in [-0.25, -0.2) is 4.39 Å². The highest BCUT2D eigenvalue weighted by atomic mass is 79.9. The molecule has 0 saturated heterocycles. The number of ketones is 1. The van der Waals surface area contributed by atoms with Gasteiger partial charge in [-0.1, -0.05) is 35.0 Å². The van der Waals surface area contributed by atoms with Gasteiger partial charge in [0.1, 0.15) is 11.6 Å². The summed E-state index contributed by atoms with van der Waals surface area (Å²) in [6.07, 6.45) is 0.891. The fourth-order valence-corrected chi connectivity index (χ4v) is 2.02. The zero-order valence-electron chi connectivity index (χ0n) is 8.89. The monoisotopic (exact) mass is 272 g/mol. The maximum Gasteiger partial charge on any atom is 0.146 e. The molecule has 0 spiro atoms. The fourth-order valence-electron chi connectivity index (χ4n) is 1.35. The van der Waals surface area contributed by atoms with Gasteiger partial charge in [-0.2, -0.15) is 0 Å². The molecule has 82 valence electrons. The van der Waals surface area contributed by atoms with Gasteiger partial charge in [-0.05, 0) is 30.5 Å². The van der Waals surface area contributed by atoms with Crippen LogP contribution in [0.2, 0.25) is 0 Å². The lowest BCUT2D eigenvalue weighted by Gasteiger charge is -2.08. The number of benzene rings is 1. The van der Waals surface area contributed by atoms with Gasteiger partial charge in [0.15, 0.2) is 0 Å². The topological polar surface area (TPSA) is 17.1 Å². The van der Waals surface area contributed by atoms with Gasteiger partial charge in [0.05, 0.1) is 4.83 Å². The molecule has 1 nitrogen and oxygen atoms in total. The van der Waals surface area contributed by atoms with Gasteiger partial charge in [0, 0.05) is 6.42 Å². The first-order valence-electron chi connectivity index (χ1n) is 4.96. The Labute approximate surface area is 97.8 Å². The first-order chi connectivity index (χ1) is 7.04. The fraction of sp³-hybridized carbons (Fsp3) is 0.417. The van der Waals surface area contributed by atoms with E-state index in [0.717, 1.165) is 5.56 Å². The van der Waals surface area contributed by atoms with Gasteiger partial charge in [0.2, 0.25) is 0 Å². The number of rotatable bonds is 4. The van der Waals surface area contributed by atoms with Gasteiger partial charge in [-0.3, -0.25) is 4.79 Å². The number of Topliss-reactive ketones (excluding diaryl/α,β-unsaturated/α-hetero) is 1. The van der Waals surface area contributed by atoms with E-state index in [1.165, 1.54) is 6.07 Å². The van der Waals surface area contributed by atoms with Crippen LogP contribution < -0.4 is 0 Å². The highest BCUT2D eigenvalue weighted by molar-refractivity contribution is 9.10. The average molecular weight is 273 g/mol. The van der Waals surface area contributed by atoms with E-state index in [1.807, 2.05) is 19.9 Å². The van der Waals surface area contributed by atoms with E-state index in [1.54, 1.807) is 6.07 Å². The van der Waals surface area contributed by atoms with Crippen LogP contribution in [0.1, 0.15) is 24.5 Å². The minimum absolute atomic E-state index is 0.106. The number of hydrogen-bond donors (Lipinski definition) is 0. The summed E-state index contributed by atoms with van der Waals surface area (Å²) in [6, 6.07) is 5.09. The van der Waals surface area contributed by atoms with Crippen LogP contribution in [0.25, 0.3) is 0 Å². The Bertz CT molecular complexity index is 363. The van der Waals surface area contributed by atoms with Gasteiger partial charge in [-0.15, -0.1) is 0 Å². The predicted octanol–water partition coefficient (Wildman–Crippen LogP) is 3.42. The molecule has 1 atom stereocenters. The van der Waals surface area contributed by atoms with Crippen LogP contribution in [0.4, 0.5) is 4.39 Å². The maximum atomic E-state index is 13.4. The van der Waals surface area contributed by atoms with Crippen LogP contribution >= 0.6 is 15.9 Å². The zero-order chi connectivity index (χ0) is 11.4. The summed E-state index contributed by atoms with van der Waals surface area (Å²) >= 11 is 3.28. The van der Waals surface area contributed by atoms with Crippen molar-refractivity contribution in [2.75, 3.05) is 0 Å². The lowest BCUT2D eigenvalue weighted by molar-refractivity contribution is -0.118. The molecular formula is C12H14BrFO. The van der Waals surface area contributed by atoms with Crippen molar-refractivity contribution < 1.29 is 9.18 Å². The van der Waals surface area contributed by atoms with Crippen molar-refractivity contribution in [1.29, 1.82) is 0 Å². The summed E-state index contributed by atoms with van der Waals surface area (Å²) in [5.74, 6) is -0.127. The molecule has 0 amide bonds. The Hall–Kier alpha value is -0.700. The summed E-state index contributed by atoms with van der Waals surface area (Å²) in [5, 5.41) is 0. The van der Waals surface area contributed by atoms with Crippen molar-refractivity contribution in [1.82, 2.24) is 0 Å². The van der Waals surface area contributed by atoms with Crippen LogP contribution in [-0.4, -0.2) is 10.6 Å². The standard InChI is InChI=1S/C12H14BrFO/c1-3-12(15)10(13)7-9-5-4-8(2)6-11(9)14/h4-6,10H,3,7H2,1-2H3. The summed E-state index contributed by atoms with van der Waals surface area (Å²) < 4.78 is 13.4. The number of carbonyl (C=O) groups is 1. The van der Waals surface area contributed by atoms with Crippen molar-refractivity contribution in [3.8, 4) is 0 Å². The molecule has 3 heteroatoms. The molecule has 0 heterocycles. The molecule has 1 aromatic carbocycles. The van der Waals surface area contributed by atoms with Gasteiger partial charge < -0.3 is 0 Å². The molecule has 0 bridgehead atoms. The number of hydrogen-bond acceptors (Lipinski definition) is 1. The van der Waals surface area contributed by atoms with Gasteiger partial charge >= 0.3 is 0 Å². The molecule has 15 heavy (non-hydrogen) atoms. The first kappa shape index (κ1) is 12.4. The summed E-state index contributed by atoms with van der Waals surface area (Å²) in [6.45, 7) is 3.65. The summed E-state index contributed by atoms with van der Waals surface area (Å²) in [5.41, 5.74) is 1.48. The Kier molecular flexibility index (Phi) is 4.45. The Morgan fingerprint density at radius 3 is 2.73 bits per heavy atom. The van der Waals surface area contributed by atoms with E-state index in [4.69, 9.17) is 0 Å². The molecule has 0 fully saturated rings. The molecule has 1 unspecified atom stereocenters. The number of alkyl halides is 1. The maximum absolute atomic E-state index is 13.4. The minimum Gasteiger partial charge on any atom is -0.298 e. The van der Waals surface area contributed by atoms with Crippen molar-refractivity contribution in [2.24, 2.45) is 0 Å². The molecule has 1 aromatic rings. The SMILES string of the molecule is CCC(=O)C(Br)Cc1ccc(C)cc1F. The predicted molar refractivity (Wildman–Crippen MR) is 62.9 cm³/mol. The van der Waals surface area contributed by atoms with E-state index in [2.05, 4.69) is 15.9 Å². The minimum atomic E-state index is -0.278. The molecule has 0 saturated carbocycles. The largest absolute Gasteiger partial charge is 0.298 e. The Morgan fingerprint density at radius 2 is 2.20 bits per heavy atom. The molecule has 0 radical (unpaired) electrons. The third kappa shape index (κ3) is 3.42. The van der Waals surface area contributed by atoms with Crippen molar-refractivity contribution >= 4 is 21.7 Å². The average Bonchev–Trinajstić information content (AvgIpc) is 2.20. The van der Waals surface area contributed by atoms with E-state index < -0.39 is 0 Å². The van der Waals surface area contributed by atoms with Crippen LogP contribution in [-0.2, 0) is 11.2 Å². The lowest BCUT2D eigenvalue weighted by atomic mass is 10.0. The lowest BCUT2D eigenvalue weighted by Crippen LogP contribution is -2.16. The smallest absolute Gasteiger partial charge is 0.146 e. The molecule has 0 N–H and O–H groups in total. The van der Waals surface area contributed by atoms with E-state index >= 15 is 0 Å². The zero-order valence-corrected chi connectivity index (χ0v) is 10.5. The molecule has 0 aromatic heterocycles. The second kappa shape index (κ2) is 5.40. The molecular weight excluding hydrogens is 259 g/mol.